The van der Waals surface area contributed by atoms with E-state index in [-0.39, 0.29) is 0 Å². The van der Waals surface area contributed by atoms with Crippen LogP contribution in [-0.2, 0) is 0 Å². The van der Waals surface area contributed by atoms with Gasteiger partial charge < -0.3 is 3.97 Å². The lowest BCUT2D eigenvalue weighted by molar-refractivity contribution is 1.31. The fourth-order valence-corrected chi connectivity index (χ4v) is 0.479. The lowest BCUT2D eigenvalue weighted by Crippen LogP contribution is -1.63. The summed E-state index contributed by atoms with van der Waals surface area (Å²) in [5.41, 5.74) is 0. The van der Waals surface area contributed by atoms with E-state index in [0.29, 0.717) is 0 Å². The summed E-state index contributed by atoms with van der Waals surface area (Å²) in [7, 11) is 0. The quantitative estimate of drug-likeness (QED) is 0.466. The van der Waals surface area contributed by atoms with Gasteiger partial charge in [0.15, 0.2) is 0 Å². The first-order valence-corrected chi connectivity index (χ1v) is 2.12. The van der Waals surface area contributed by atoms with Crippen molar-refractivity contribution in [1.82, 2.24) is 3.97 Å². The van der Waals surface area contributed by atoms with Gasteiger partial charge >= 0.3 is 0 Å². The fraction of sp³-hybridized carbons (Fsp3) is 0. The van der Waals surface area contributed by atoms with Crippen molar-refractivity contribution >= 4 is 12.8 Å². The molecule has 0 unspecified atom stereocenters. The fourth-order valence-electron chi connectivity index (χ4n) is 0.325. The zero-order valence-corrected chi connectivity index (χ0v) is 4.10. The summed E-state index contributed by atoms with van der Waals surface area (Å²) in [5.74, 6) is 0. The molecule has 0 spiro atoms. The molecule has 0 aliphatic heterocycles. The Morgan fingerprint density at radius 2 is 1.67 bits per heavy atom. The maximum Gasteiger partial charge on any atom is 0.0154 e. The molecule has 0 aliphatic rings. The number of hydrogen-bond acceptors (Lipinski definition) is 1. The summed E-state index contributed by atoms with van der Waals surface area (Å²) in [6.07, 6.45) is 3.73. The van der Waals surface area contributed by atoms with Gasteiger partial charge in [-0.2, -0.15) is 0 Å². The molecule has 0 atom stereocenters. The van der Waals surface area contributed by atoms with E-state index in [2.05, 4.69) is 12.8 Å². The van der Waals surface area contributed by atoms with Crippen molar-refractivity contribution in [2.75, 3.05) is 0 Å². The predicted octanol–water partition coefficient (Wildman–Crippen LogP) is 1.18. The Balaban J connectivity index is 3.05. The monoisotopic (exact) mass is 99.0 g/mol. The maximum atomic E-state index is 3.95. The average molecular weight is 99.2 g/mol. The van der Waals surface area contributed by atoms with Crippen molar-refractivity contribution in [2.24, 2.45) is 0 Å². The first-order valence-electron chi connectivity index (χ1n) is 1.72. The van der Waals surface area contributed by atoms with Crippen LogP contribution in [0, 0.1) is 0 Å². The van der Waals surface area contributed by atoms with Gasteiger partial charge in [-0.05, 0) is 12.1 Å². The second-order valence-corrected chi connectivity index (χ2v) is 1.52. The highest BCUT2D eigenvalue weighted by Gasteiger charge is 1.69. The number of aromatic nitrogens is 1. The van der Waals surface area contributed by atoms with Crippen molar-refractivity contribution in [3.05, 3.63) is 24.5 Å². The summed E-state index contributed by atoms with van der Waals surface area (Å²) >= 11 is 3.95. The average Bonchev–Trinajstić information content (AvgIpc) is 1.86. The van der Waals surface area contributed by atoms with Crippen molar-refractivity contribution in [3.8, 4) is 0 Å². The SMILES string of the molecule is Sn1cccc1. The van der Waals surface area contributed by atoms with E-state index >= 15 is 0 Å². The Hall–Kier alpha value is -0.370. The van der Waals surface area contributed by atoms with Gasteiger partial charge in [0.05, 0.1) is 0 Å². The summed E-state index contributed by atoms with van der Waals surface area (Å²) in [6.45, 7) is 0. The van der Waals surface area contributed by atoms with Crippen LogP contribution in [0.15, 0.2) is 24.5 Å². The molecule has 0 aromatic carbocycles. The summed E-state index contributed by atoms with van der Waals surface area (Å²) in [6, 6.07) is 3.85. The second-order valence-electron chi connectivity index (χ2n) is 1.06. The van der Waals surface area contributed by atoms with Crippen molar-refractivity contribution < 1.29 is 0 Å². The Bertz CT molecular complexity index is 111. The molecule has 1 nitrogen and oxygen atoms in total. The highest BCUT2D eigenvalue weighted by Crippen LogP contribution is 1.87. The number of hydrogen-bond donors (Lipinski definition) is 1. The van der Waals surface area contributed by atoms with Crippen LogP contribution in [-0.4, -0.2) is 3.97 Å². The first-order chi connectivity index (χ1) is 2.89. The highest BCUT2D eigenvalue weighted by molar-refractivity contribution is 7.78. The molecule has 32 valence electrons. The van der Waals surface area contributed by atoms with Gasteiger partial charge in [0.25, 0.3) is 0 Å². The molecule has 0 bridgehead atoms. The Labute approximate surface area is 42.1 Å². The van der Waals surface area contributed by atoms with Gasteiger partial charge in [-0.3, -0.25) is 0 Å². The van der Waals surface area contributed by atoms with Crippen LogP contribution in [0.3, 0.4) is 0 Å². The van der Waals surface area contributed by atoms with Gasteiger partial charge in [0.1, 0.15) is 0 Å². The molecule has 1 aromatic heterocycles. The van der Waals surface area contributed by atoms with E-state index < -0.39 is 0 Å². The van der Waals surface area contributed by atoms with E-state index in [4.69, 9.17) is 0 Å². The molecule has 0 amide bonds. The highest BCUT2D eigenvalue weighted by atomic mass is 32.1. The molecule has 0 aliphatic carbocycles. The molecule has 0 radical (unpaired) electrons. The smallest absolute Gasteiger partial charge is 0.0154 e. The standard InChI is InChI=1S/C4H5NS/c6-5-3-1-2-4-5/h1-4,6H. The third-order valence-electron chi connectivity index (χ3n) is 0.589. The molecule has 0 fully saturated rings. The van der Waals surface area contributed by atoms with E-state index in [0.717, 1.165) is 0 Å². The molecule has 6 heavy (non-hydrogen) atoms. The van der Waals surface area contributed by atoms with Crippen LogP contribution in [0.5, 0.6) is 0 Å². The van der Waals surface area contributed by atoms with Gasteiger partial charge in [-0.25, -0.2) is 0 Å². The molecule has 0 N–H and O–H groups in total. The number of nitrogens with zero attached hydrogens (tertiary/aromatic N) is 1. The molecular formula is C4H5NS. The van der Waals surface area contributed by atoms with Gasteiger partial charge in [-0.15, -0.1) is 0 Å². The second kappa shape index (κ2) is 1.39. The van der Waals surface area contributed by atoms with Gasteiger partial charge in [0, 0.05) is 12.4 Å². The van der Waals surface area contributed by atoms with Crippen molar-refractivity contribution in [2.45, 2.75) is 0 Å². The minimum absolute atomic E-state index is 1.69. The third kappa shape index (κ3) is 0.571. The first kappa shape index (κ1) is 3.81. The van der Waals surface area contributed by atoms with Crippen molar-refractivity contribution in [3.63, 3.8) is 0 Å². The van der Waals surface area contributed by atoms with E-state index in [1.54, 1.807) is 3.97 Å². The van der Waals surface area contributed by atoms with E-state index in [9.17, 15) is 0 Å². The molecular weight excluding hydrogens is 94.1 g/mol. The normalized spacial score (nSPS) is 8.83. The molecule has 2 heteroatoms. The zero-order valence-electron chi connectivity index (χ0n) is 3.20. The molecule has 0 saturated heterocycles. The van der Waals surface area contributed by atoms with Crippen LogP contribution < -0.4 is 0 Å². The minimum Gasteiger partial charge on any atom is -0.302 e. The Morgan fingerprint density at radius 3 is 1.83 bits per heavy atom. The van der Waals surface area contributed by atoms with Crippen LogP contribution in [0.2, 0.25) is 0 Å². The summed E-state index contributed by atoms with van der Waals surface area (Å²) < 4.78 is 1.69. The molecule has 1 heterocycles. The van der Waals surface area contributed by atoms with Gasteiger partial charge in [-0.1, -0.05) is 12.8 Å². The van der Waals surface area contributed by atoms with E-state index in [1.807, 2.05) is 24.5 Å². The zero-order chi connectivity index (χ0) is 4.41. The lowest BCUT2D eigenvalue weighted by Gasteiger charge is -1.77. The Morgan fingerprint density at radius 1 is 1.17 bits per heavy atom. The summed E-state index contributed by atoms with van der Waals surface area (Å²) in [4.78, 5) is 0. The predicted molar refractivity (Wildman–Crippen MR) is 28.8 cm³/mol. The number of rotatable bonds is 0. The van der Waals surface area contributed by atoms with E-state index in [1.165, 1.54) is 0 Å². The Kier molecular flexibility index (Phi) is 0.881. The summed E-state index contributed by atoms with van der Waals surface area (Å²) in [5, 5.41) is 0. The molecule has 1 rings (SSSR count). The van der Waals surface area contributed by atoms with Crippen LogP contribution in [0.1, 0.15) is 0 Å². The van der Waals surface area contributed by atoms with Crippen molar-refractivity contribution in [1.29, 1.82) is 0 Å². The largest absolute Gasteiger partial charge is 0.302 e. The van der Waals surface area contributed by atoms with Gasteiger partial charge in [0.2, 0.25) is 0 Å². The topological polar surface area (TPSA) is 4.93 Å². The molecule has 0 saturated carbocycles. The molecule has 1 aromatic rings. The van der Waals surface area contributed by atoms with Crippen LogP contribution in [0.4, 0.5) is 0 Å². The number of thiol groups is 1. The third-order valence-corrected chi connectivity index (χ3v) is 0.855. The minimum atomic E-state index is 1.69. The lowest BCUT2D eigenvalue weighted by atomic mass is 10.7. The van der Waals surface area contributed by atoms with Crippen LogP contribution >= 0.6 is 12.8 Å². The van der Waals surface area contributed by atoms with Crippen LogP contribution in [0.25, 0.3) is 0 Å². The maximum absolute atomic E-state index is 3.95.